The number of aromatic amines is 2. The molecule has 3 aliphatic rings. The number of methoxy groups -OCH3 is 2. The summed E-state index contributed by atoms with van der Waals surface area (Å²) < 4.78 is 16.2. The van der Waals surface area contributed by atoms with Gasteiger partial charge in [0.15, 0.2) is 0 Å². The first-order chi connectivity index (χ1) is 29.4. The van der Waals surface area contributed by atoms with Crippen LogP contribution in [-0.4, -0.2) is 93.1 Å². The molecule has 15 nitrogen and oxygen atoms in total. The van der Waals surface area contributed by atoms with Gasteiger partial charge < -0.3 is 44.6 Å². The summed E-state index contributed by atoms with van der Waals surface area (Å²) in [6, 6.07) is 14.8. The Labute approximate surface area is 354 Å². The van der Waals surface area contributed by atoms with Crippen LogP contribution in [0.3, 0.4) is 0 Å². The number of benzene rings is 3. The topological polar surface area (TPSA) is 184 Å². The Morgan fingerprint density at radius 3 is 1.77 bits per heavy atom. The van der Waals surface area contributed by atoms with Gasteiger partial charge in [0.25, 0.3) is 0 Å². The Morgan fingerprint density at radius 2 is 1.25 bits per heavy atom. The van der Waals surface area contributed by atoms with Gasteiger partial charge in [0.05, 0.1) is 50.1 Å². The summed E-state index contributed by atoms with van der Waals surface area (Å²) in [6.45, 7) is 11.0. The minimum absolute atomic E-state index is 0.0539. The minimum Gasteiger partial charge on any atom is -0.457 e. The smallest absolute Gasteiger partial charge is 0.407 e. The molecule has 3 aromatic carbocycles. The molecule has 5 atom stereocenters. The maximum absolute atomic E-state index is 13.7. The van der Waals surface area contributed by atoms with Gasteiger partial charge in [0.2, 0.25) is 11.8 Å². The molecule has 320 valence electrons. The Morgan fingerprint density at radius 1 is 0.721 bits per heavy atom. The number of ether oxygens (including phenoxy) is 3. The summed E-state index contributed by atoms with van der Waals surface area (Å²) in [4.78, 5) is 71.4. The zero-order chi connectivity index (χ0) is 43.1. The molecule has 4 amide bonds. The highest BCUT2D eigenvalue weighted by Crippen LogP contribution is 2.48. The second kappa shape index (κ2) is 16.9. The van der Waals surface area contributed by atoms with E-state index < -0.39 is 24.3 Å². The van der Waals surface area contributed by atoms with Gasteiger partial charge in [0, 0.05) is 41.3 Å². The first-order valence-electron chi connectivity index (χ1n) is 21.2. The molecular formula is C46H54N8O7. The molecule has 2 saturated heterocycles. The number of amides is 4. The fraction of sp³-hybridized carbons (Fsp3) is 0.435. The third-order valence-electron chi connectivity index (χ3n) is 12.5. The summed E-state index contributed by atoms with van der Waals surface area (Å²) in [5.41, 5.74) is 5.77. The average molecular weight is 831 g/mol. The number of rotatable bonds is 10. The number of likely N-dealkylation sites (tertiary alicyclic amines) is 2. The number of nitrogens with one attached hydrogen (secondary N) is 4. The van der Waals surface area contributed by atoms with E-state index in [0.717, 1.165) is 87.4 Å². The molecule has 2 aromatic heterocycles. The van der Waals surface area contributed by atoms with Crippen molar-refractivity contribution >= 4 is 34.8 Å². The minimum atomic E-state index is -0.703. The molecule has 8 rings (SSSR count). The lowest BCUT2D eigenvalue weighted by Crippen LogP contribution is -2.51. The Kier molecular flexibility index (Phi) is 11.5. The lowest BCUT2D eigenvalue weighted by molar-refractivity contribution is -0.136. The highest BCUT2D eigenvalue weighted by molar-refractivity contribution is 5.93. The fourth-order valence-electron chi connectivity index (χ4n) is 9.15. The molecule has 61 heavy (non-hydrogen) atoms. The predicted molar refractivity (Wildman–Crippen MR) is 229 cm³/mol. The fourth-order valence-corrected chi connectivity index (χ4v) is 9.15. The van der Waals surface area contributed by atoms with Crippen LogP contribution in [0, 0.1) is 11.8 Å². The van der Waals surface area contributed by atoms with Crippen LogP contribution < -0.4 is 15.4 Å². The van der Waals surface area contributed by atoms with Gasteiger partial charge in [-0.05, 0) is 66.5 Å². The molecular weight excluding hydrogens is 777 g/mol. The van der Waals surface area contributed by atoms with Crippen molar-refractivity contribution in [3.8, 4) is 34.0 Å². The van der Waals surface area contributed by atoms with E-state index in [1.165, 1.54) is 14.2 Å². The third-order valence-corrected chi connectivity index (χ3v) is 12.5. The molecule has 0 radical (unpaired) electrons. The molecule has 15 heteroatoms. The predicted octanol–water partition coefficient (Wildman–Crippen LogP) is 7.97. The lowest BCUT2D eigenvalue weighted by atomic mass is 9.85. The molecule has 2 fully saturated rings. The molecule has 4 N–H and O–H groups in total. The van der Waals surface area contributed by atoms with Gasteiger partial charge >= 0.3 is 12.2 Å². The number of aromatic nitrogens is 4. The first-order valence-corrected chi connectivity index (χ1v) is 21.2. The van der Waals surface area contributed by atoms with Crippen molar-refractivity contribution in [2.75, 3.05) is 27.3 Å². The number of nitrogens with zero attached hydrogens (tertiary/aromatic N) is 4. The number of carbonyl (C=O) groups is 4. The number of carbonyl (C=O) groups excluding carboxylic acids is 4. The Hall–Kier alpha value is -6.38. The van der Waals surface area contributed by atoms with Crippen LogP contribution in [0.15, 0.2) is 60.9 Å². The highest BCUT2D eigenvalue weighted by atomic mass is 16.5. The second-order valence-corrected chi connectivity index (χ2v) is 16.9. The molecule has 5 aromatic rings. The number of fused-ring (bicyclic) bond motifs is 4. The van der Waals surface area contributed by atoms with Gasteiger partial charge in [-0.25, -0.2) is 19.6 Å². The van der Waals surface area contributed by atoms with Crippen LogP contribution in [0.2, 0.25) is 0 Å². The number of hydrogen-bond acceptors (Lipinski definition) is 9. The van der Waals surface area contributed by atoms with Crippen molar-refractivity contribution in [1.29, 1.82) is 0 Å². The quantitative estimate of drug-likeness (QED) is 0.108. The number of alkyl carbamates (subject to hydrolysis) is 2. The van der Waals surface area contributed by atoms with E-state index in [-0.39, 0.29) is 41.7 Å². The molecule has 0 spiro atoms. The molecule has 0 aliphatic carbocycles. The van der Waals surface area contributed by atoms with Crippen LogP contribution >= 0.6 is 0 Å². The Bertz CT molecular complexity index is 2470. The molecule has 5 heterocycles. The van der Waals surface area contributed by atoms with Crippen LogP contribution in [-0.2, 0) is 19.1 Å². The number of H-pyrrole nitrogens is 2. The summed E-state index contributed by atoms with van der Waals surface area (Å²) >= 11 is 0. The van der Waals surface area contributed by atoms with Crippen molar-refractivity contribution < 1.29 is 33.4 Å². The number of imidazole rings is 2. The summed E-state index contributed by atoms with van der Waals surface area (Å²) in [6.07, 6.45) is 5.58. The molecule has 1 unspecified atom stereocenters. The molecule has 0 bridgehead atoms. The molecule has 3 aliphatic heterocycles. The largest absolute Gasteiger partial charge is 0.457 e. The van der Waals surface area contributed by atoms with Crippen molar-refractivity contribution in [2.24, 2.45) is 11.8 Å². The zero-order valence-corrected chi connectivity index (χ0v) is 35.7. The van der Waals surface area contributed by atoms with Crippen molar-refractivity contribution in [1.82, 2.24) is 40.4 Å². The van der Waals surface area contributed by atoms with Crippen molar-refractivity contribution in [3.63, 3.8) is 0 Å². The average Bonchev–Trinajstić information content (AvgIpc) is 4.10. The monoisotopic (exact) mass is 830 g/mol. The van der Waals surface area contributed by atoms with Crippen LogP contribution in [0.4, 0.5) is 9.59 Å². The maximum Gasteiger partial charge on any atom is 0.407 e. The standard InChI is InChI=1S/C46H54N8O7/c1-24(2)39(51-45(57)59-6)43(55)53-18-8-10-34(53)41-47-22-32(49-41)28-13-16-31-27(20-28)14-17-36-38(31)26(5)30-15-12-29(21-37(30)61-36)33-23-48-42(50-33)35-11-9-19-54(35)44(56)40(25(3)4)52-46(58)60-7/h12-17,20-26,34-35,39-40H,8-11,18-19H2,1-7H3,(H,47,49)(H,48,50)(H,51,57)(H,52,58)/t26?,34-,35-,39-,40-/m0/s1. The van der Waals surface area contributed by atoms with Gasteiger partial charge in [-0.3, -0.25) is 9.59 Å². The maximum atomic E-state index is 13.7. The normalized spacial score (nSPS) is 19.3. The van der Waals surface area contributed by atoms with Crippen LogP contribution in [0.5, 0.6) is 11.5 Å². The SMILES string of the molecule is COC(=O)N[C@H](C(=O)N1CCC[C@H]1c1ncc(-c2ccc3c(c2)Oc2ccc4cc(-c5cnc([C@@H]6CCCN6C(=O)[C@@H](NC(=O)OC)C(C)C)[nH]5)ccc4c2C3C)[nH]1)C(C)C. The zero-order valence-electron chi connectivity index (χ0n) is 35.7. The van der Waals surface area contributed by atoms with E-state index >= 15 is 0 Å². The molecule has 0 saturated carbocycles. The van der Waals surface area contributed by atoms with E-state index in [1.54, 1.807) is 6.20 Å². The first kappa shape index (κ1) is 41.4. The van der Waals surface area contributed by atoms with E-state index in [9.17, 15) is 19.2 Å². The van der Waals surface area contributed by atoms with E-state index in [1.807, 2.05) is 55.8 Å². The van der Waals surface area contributed by atoms with E-state index in [4.69, 9.17) is 24.2 Å². The number of hydrogen-bond donors (Lipinski definition) is 4. The van der Waals surface area contributed by atoms with E-state index in [2.05, 4.69) is 63.9 Å². The highest BCUT2D eigenvalue weighted by Gasteiger charge is 2.39. The van der Waals surface area contributed by atoms with Crippen molar-refractivity contribution in [2.45, 2.75) is 90.4 Å². The van der Waals surface area contributed by atoms with Gasteiger partial charge in [0.1, 0.15) is 35.2 Å². The van der Waals surface area contributed by atoms with Gasteiger partial charge in [-0.2, -0.15) is 0 Å². The van der Waals surface area contributed by atoms with E-state index in [0.29, 0.717) is 18.9 Å². The summed E-state index contributed by atoms with van der Waals surface area (Å²) in [7, 11) is 2.58. The summed E-state index contributed by atoms with van der Waals surface area (Å²) in [5, 5.41) is 7.59. The van der Waals surface area contributed by atoms with Crippen molar-refractivity contribution in [3.05, 3.63) is 83.7 Å². The summed E-state index contributed by atoms with van der Waals surface area (Å²) in [5.74, 6) is 2.54. The second-order valence-electron chi connectivity index (χ2n) is 16.9. The van der Waals surface area contributed by atoms with Crippen LogP contribution in [0.25, 0.3) is 33.3 Å². The Balaban J connectivity index is 0.987. The third kappa shape index (κ3) is 7.88. The lowest BCUT2D eigenvalue weighted by Gasteiger charge is -2.30. The van der Waals surface area contributed by atoms with Gasteiger partial charge in [-0.1, -0.05) is 65.0 Å². The van der Waals surface area contributed by atoms with Gasteiger partial charge in [-0.15, -0.1) is 0 Å². The van der Waals surface area contributed by atoms with Crippen LogP contribution in [0.1, 0.15) is 101 Å².